The van der Waals surface area contributed by atoms with Crippen molar-refractivity contribution in [1.82, 2.24) is 5.32 Å². The van der Waals surface area contributed by atoms with E-state index in [2.05, 4.69) is 5.32 Å². The van der Waals surface area contributed by atoms with E-state index < -0.39 is 24.0 Å². The summed E-state index contributed by atoms with van der Waals surface area (Å²) in [6, 6.07) is -1.08. The van der Waals surface area contributed by atoms with E-state index in [1.54, 1.807) is 6.92 Å². The van der Waals surface area contributed by atoms with Gasteiger partial charge in [-0.1, -0.05) is 0 Å². The van der Waals surface area contributed by atoms with Crippen LogP contribution in [0.5, 0.6) is 0 Å². The number of carbonyl (C=O) groups is 3. The summed E-state index contributed by atoms with van der Waals surface area (Å²) in [4.78, 5) is 32.4. The van der Waals surface area contributed by atoms with Gasteiger partial charge in [-0.15, -0.1) is 0 Å². The van der Waals surface area contributed by atoms with E-state index in [4.69, 9.17) is 4.74 Å². The predicted molar refractivity (Wildman–Crippen MR) is 47.6 cm³/mol. The Hall–Kier alpha value is -1.23. The van der Waals surface area contributed by atoms with Crippen LogP contribution in [0.2, 0.25) is 0 Å². The first-order valence-corrected chi connectivity index (χ1v) is 4.56. The van der Waals surface area contributed by atoms with Gasteiger partial charge in [0.25, 0.3) is 0 Å². The maximum absolute atomic E-state index is 11.3. The number of ether oxygens (including phenoxy) is 1. The molecule has 0 amide bonds. The molecule has 0 bridgehead atoms. The molecule has 3 unspecified atom stereocenters. The third-order valence-corrected chi connectivity index (χ3v) is 2.23. The molecule has 5 heteroatoms. The van der Waals surface area contributed by atoms with Crippen molar-refractivity contribution in [3.8, 4) is 0 Å². The molecule has 0 saturated carbocycles. The smallest absolute Gasteiger partial charge is 0.323 e. The van der Waals surface area contributed by atoms with Gasteiger partial charge in [0.15, 0.2) is 0 Å². The maximum Gasteiger partial charge on any atom is 0.323 e. The first-order chi connectivity index (χ1) is 6.72. The van der Waals surface area contributed by atoms with Gasteiger partial charge in [-0.25, -0.2) is 0 Å². The van der Waals surface area contributed by atoms with Gasteiger partial charge in [0.2, 0.25) is 0 Å². The number of hydrogen-bond donors (Lipinski definition) is 1. The predicted octanol–water partition coefficient (Wildman–Crippen LogP) is -0.706. The zero-order valence-electron chi connectivity index (χ0n) is 7.93. The van der Waals surface area contributed by atoms with Crippen LogP contribution in [-0.4, -0.2) is 37.2 Å². The third kappa shape index (κ3) is 2.17. The highest BCUT2D eigenvalue weighted by atomic mass is 16.5. The summed E-state index contributed by atoms with van der Waals surface area (Å²) in [5, 5.41) is 2.75. The molecule has 1 aliphatic rings. The van der Waals surface area contributed by atoms with Gasteiger partial charge in [-0.2, -0.15) is 0 Å². The van der Waals surface area contributed by atoms with Crippen LogP contribution in [0.3, 0.4) is 0 Å². The Balaban J connectivity index is 2.62. The molecule has 14 heavy (non-hydrogen) atoms. The fraction of sp³-hybridized carbons (Fsp3) is 0.667. The fourth-order valence-corrected chi connectivity index (χ4v) is 1.56. The average Bonchev–Trinajstić information content (AvgIpc) is 2.61. The molecule has 1 rings (SSSR count). The molecule has 0 spiro atoms. The van der Waals surface area contributed by atoms with Gasteiger partial charge >= 0.3 is 5.97 Å². The number of esters is 1. The Kier molecular flexibility index (Phi) is 3.76. The van der Waals surface area contributed by atoms with Gasteiger partial charge in [-0.05, 0) is 13.3 Å². The number of nitrogens with one attached hydrogen (secondary N) is 1. The van der Waals surface area contributed by atoms with Crippen LogP contribution >= 0.6 is 0 Å². The summed E-state index contributed by atoms with van der Waals surface area (Å²) in [7, 11) is 0. The van der Waals surface area contributed by atoms with Crippen molar-refractivity contribution in [1.29, 1.82) is 0 Å². The highest BCUT2D eigenvalue weighted by molar-refractivity contribution is 5.82. The lowest BCUT2D eigenvalue weighted by Crippen LogP contribution is -2.40. The van der Waals surface area contributed by atoms with Crippen LogP contribution in [0.25, 0.3) is 0 Å². The lowest BCUT2D eigenvalue weighted by Gasteiger charge is -2.12. The Bertz CT molecular complexity index is 241. The minimum atomic E-state index is -0.664. The minimum absolute atomic E-state index is 0.272. The van der Waals surface area contributed by atoms with E-state index >= 15 is 0 Å². The molecule has 0 radical (unpaired) electrons. The molecule has 0 aromatic carbocycles. The highest BCUT2D eigenvalue weighted by Crippen LogP contribution is 2.18. The molecular formula is C9H13NO4. The third-order valence-electron chi connectivity index (χ3n) is 2.23. The quantitative estimate of drug-likeness (QED) is 0.478. The van der Waals surface area contributed by atoms with Crippen LogP contribution in [0.1, 0.15) is 13.3 Å². The Morgan fingerprint density at radius 2 is 2.21 bits per heavy atom. The maximum atomic E-state index is 11.3. The number of aldehydes is 2. The van der Waals surface area contributed by atoms with Crippen molar-refractivity contribution >= 4 is 18.5 Å². The van der Waals surface area contributed by atoms with Crippen molar-refractivity contribution in [2.75, 3.05) is 6.61 Å². The summed E-state index contributed by atoms with van der Waals surface area (Å²) in [6.07, 6.45) is 1.77. The van der Waals surface area contributed by atoms with Crippen molar-refractivity contribution in [3.05, 3.63) is 0 Å². The van der Waals surface area contributed by atoms with E-state index in [0.717, 1.165) is 0 Å². The first-order valence-electron chi connectivity index (χ1n) is 4.56. The average molecular weight is 199 g/mol. The lowest BCUT2D eigenvalue weighted by molar-refractivity contribution is -0.147. The first kappa shape index (κ1) is 10.8. The van der Waals surface area contributed by atoms with E-state index in [1.165, 1.54) is 0 Å². The highest BCUT2D eigenvalue weighted by Gasteiger charge is 2.38. The van der Waals surface area contributed by atoms with Crippen molar-refractivity contribution in [2.45, 2.75) is 25.4 Å². The Morgan fingerprint density at radius 3 is 2.71 bits per heavy atom. The largest absolute Gasteiger partial charge is 0.465 e. The van der Waals surface area contributed by atoms with Crippen molar-refractivity contribution in [2.24, 2.45) is 5.92 Å². The SMILES string of the molecule is CCOC(=O)C1NC(C=O)CC1C=O. The second kappa shape index (κ2) is 4.85. The van der Waals surface area contributed by atoms with Gasteiger partial charge in [0.05, 0.1) is 12.6 Å². The lowest BCUT2D eigenvalue weighted by atomic mass is 10.0. The van der Waals surface area contributed by atoms with Crippen LogP contribution in [-0.2, 0) is 19.1 Å². The molecule has 0 aliphatic carbocycles. The van der Waals surface area contributed by atoms with E-state index in [0.29, 0.717) is 19.0 Å². The molecular weight excluding hydrogens is 186 g/mol. The summed E-state index contributed by atoms with van der Waals surface area (Å²) >= 11 is 0. The second-order valence-corrected chi connectivity index (χ2v) is 3.17. The molecule has 1 aliphatic heterocycles. The molecule has 1 N–H and O–H groups in total. The van der Waals surface area contributed by atoms with Gasteiger partial charge in [0.1, 0.15) is 18.6 Å². The fourth-order valence-electron chi connectivity index (χ4n) is 1.56. The number of hydrogen-bond acceptors (Lipinski definition) is 5. The van der Waals surface area contributed by atoms with E-state index in [-0.39, 0.29) is 6.61 Å². The van der Waals surface area contributed by atoms with Crippen molar-refractivity contribution in [3.63, 3.8) is 0 Å². The topological polar surface area (TPSA) is 72.5 Å². The monoisotopic (exact) mass is 199 g/mol. The standard InChI is InChI=1S/C9H13NO4/c1-2-14-9(13)8-6(4-11)3-7(5-12)10-8/h4-8,10H,2-3H2,1H3. The number of rotatable bonds is 4. The Morgan fingerprint density at radius 1 is 1.50 bits per heavy atom. The van der Waals surface area contributed by atoms with E-state index in [1.807, 2.05) is 0 Å². The minimum Gasteiger partial charge on any atom is -0.465 e. The molecule has 1 fully saturated rings. The van der Waals surface area contributed by atoms with Gasteiger partial charge in [-0.3, -0.25) is 10.1 Å². The second-order valence-electron chi connectivity index (χ2n) is 3.17. The van der Waals surface area contributed by atoms with Crippen LogP contribution in [0.4, 0.5) is 0 Å². The zero-order chi connectivity index (χ0) is 10.6. The van der Waals surface area contributed by atoms with Gasteiger partial charge in [0, 0.05) is 5.92 Å². The van der Waals surface area contributed by atoms with Crippen molar-refractivity contribution < 1.29 is 19.1 Å². The summed E-state index contributed by atoms with van der Waals surface area (Å²) in [5.74, 6) is -0.918. The van der Waals surface area contributed by atoms with Gasteiger partial charge < -0.3 is 14.3 Å². The Labute approximate surface area is 81.8 Å². The molecule has 0 aromatic rings. The molecule has 1 heterocycles. The molecule has 5 nitrogen and oxygen atoms in total. The van der Waals surface area contributed by atoms with Crippen LogP contribution < -0.4 is 5.32 Å². The normalized spacial score (nSPS) is 31.1. The summed E-state index contributed by atoms with van der Waals surface area (Å²) < 4.78 is 4.77. The molecule has 78 valence electrons. The molecule has 1 saturated heterocycles. The van der Waals surface area contributed by atoms with Crippen LogP contribution in [0.15, 0.2) is 0 Å². The molecule has 0 aromatic heterocycles. The van der Waals surface area contributed by atoms with E-state index in [9.17, 15) is 14.4 Å². The summed E-state index contributed by atoms with van der Waals surface area (Å²) in [5.41, 5.74) is 0. The zero-order valence-corrected chi connectivity index (χ0v) is 7.93. The number of carbonyl (C=O) groups excluding carboxylic acids is 3. The molecule has 3 atom stereocenters. The van der Waals surface area contributed by atoms with Crippen LogP contribution in [0, 0.1) is 5.92 Å². The summed E-state index contributed by atoms with van der Waals surface area (Å²) in [6.45, 7) is 1.97.